The number of nitrogens with one attached hydrogen (secondary N) is 1. The monoisotopic (exact) mass is 339 g/mol. The number of Topliss-reactive ketones (excluding diaryl/α,β-unsaturated/α-hetero) is 2. The fraction of sp³-hybridized carbons (Fsp3) is 0.438. The molecule has 132 valence electrons. The lowest BCUT2D eigenvalue weighted by Crippen LogP contribution is -2.56. The van der Waals surface area contributed by atoms with Crippen LogP contribution in [0.1, 0.15) is 23.7 Å². The van der Waals surface area contributed by atoms with Gasteiger partial charge in [0.05, 0.1) is 13.0 Å². The van der Waals surface area contributed by atoms with Crippen LogP contribution in [0.3, 0.4) is 0 Å². The Labute approximate surface area is 138 Å². The maximum Gasteiger partial charge on any atom is 0.217 e. The Kier molecular flexibility index (Phi) is 7.66. The molecular formula is C16H21NO7. The number of hydrogen-bond acceptors (Lipinski definition) is 7. The summed E-state index contributed by atoms with van der Waals surface area (Å²) in [5.41, 5.74) is 0.290. The third kappa shape index (κ3) is 5.50. The highest BCUT2D eigenvalue weighted by Gasteiger charge is 2.36. The first-order valence-corrected chi connectivity index (χ1v) is 7.31. The predicted molar refractivity (Wildman–Crippen MR) is 83.1 cm³/mol. The van der Waals surface area contributed by atoms with Gasteiger partial charge in [0.1, 0.15) is 24.4 Å². The highest BCUT2D eigenvalue weighted by molar-refractivity contribution is 6.10. The van der Waals surface area contributed by atoms with E-state index in [1.807, 2.05) is 0 Å². The van der Waals surface area contributed by atoms with Gasteiger partial charge in [-0.15, -0.1) is 0 Å². The second-order valence-electron chi connectivity index (χ2n) is 5.34. The van der Waals surface area contributed by atoms with E-state index in [0.29, 0.717) is 0 Å². The zero-order chi connectivity index (χ0) is 18.3. The van der Waals surface area contributed by atoms with E-state index < -0.39 is 54.9 Å². The number of aliphatic hydroxyl groups excluding tert-OH is 4. The Morgan fingerprint density at radius 1 is 1.04 bits per heavy atom. The van der Waals surface area contributed by atoms with Gasteiger partial charge in [0.25, 0.3) is 0 Å². The fourth-order valence-corrected chi connectivity index (χ4v) is 2.10. The average Bonchev–Trinajstić information content (AvgIpc) is 2.58. The molecule has 8 heteroatoms. The van der Waals surface area contributed by atoms with Crippen molar-refractivity contribution < 1.29 is 34.8 Å². The molecule has 1 aromatic rings. The topological polar surface area (TPSA) is 144 Å². The van der Waals surface area contributed by atoms with Crippen molar-refractivity contribution >= 4 is 17.5 Å². The van der Waals surface area contributed by atoms with Crippen molar-refractivity contribution in [1.29, 1.82) is 0 Å². The molecule has 0 spiro atoms. The first-order chi connectivity index (χ1) is 11.3. The van der Waals surface area contributed by atoms with Crippen LogP contribution in [-0.4, -0.2) is 68.9 Å². The van der Waals surface area contributed by atoms with E-state index >= 15 is 0 Å². The molecule has 0 bridgehead atoms. The Bertz CT molecular complexity index is 575. The van der Waals surface area contributed by atoms with Crippen LogP contribution < -0.4 is 5.32 Å². The number of carbonyl (C=O) groups is 3. The van der Waals surface area contributed by atoms with Gasteiger partial charge in [0, 0.05) is 12.5 Å². The van der Waals surface area contributed by atoms with Crippen molar-refractivity contribution in [2.45, 2.75) is 37.7 Å². The number of benzene rings is 1. The van der Waals surface area contributed by atoms with Crippen LogP contribution in [0.2, 0.25) is 0 Å². The summed E-state index contributed by atoms with van der Waals surface area (Å²) in [6.45, 7) is 0.253. The summed E-state index contributed by atoms with van der Waals surface area (Å²) >= 11 is 0. The quantitative estimate of drug-likeness (QED) is 0.269. The van der Waals surface area contributed by atoms with Gasteiger partial charge in [0.15, 0.2) is 11.6 Å². The van der Waals surface area contributed by atoms with Crippen LogP contribution in [0, 0.1) is 0 Å². The van der Waals surface area contributed by atoms with E-state index in [4.69, 9.17) is 5.11 Å². The second kappa shape index (κ2) is 9.24. The number of carbonyl (C=O) groups excluding carboxylic acids is 3. The summed E-state index contributed by atoms with van der Waals surface area (Å²) in [7, 11) is 0. The summed E-state index contributed by atoms with van der Waals surface area (Å²) in [6, 6.07) is 6.40. The minimum absolute atomic E-state index is 0.290. The van der Waals surface area contributed by atoms with E-state index in [0.717, 1.165) is 6.92 Å². The molecule has 24 heavy (non-hydrogen) atoms. The van der Waals surface area contributed by atoms with Crippen molar-refractivity contribution in [3.05, 3.63) is 35.9 Å². The van der Waals surface area contributed by atoms with Crippen LogP contribution >= 0.6 is 0 Å². The van der Waals surface area contributed by atoms with Crippen LogP contribution in [0.15, 0.2) is 30.3 Å². The zero-order valence-corrected chi connectivity index (χ0v) is 13.1. The van der Waals surface area contributed by atoms with Gasteiger partial charge in [-0.3, -0.25) is 14.4 Å². The van der Waals surface area contributed by atoms with Crippen molar-refractivity contribution in [1.82, 2.24) is 5.32 Å². The maximum atomic E-state index is 12.3. The molecule has 1 amide bonds. The molecular weight excluding hydrogens is 318 g/mol. The van der Waals surface area contributed by atoms with E-state index in [9.17, 15) is 29.7 Å². The number of amides is 1. The lowest BCUT2D eigenvalue weighted by molar-refractivity contribution is -0.135. The van der Waals surface area contributed by atoms with Crippen molar-refractivity contribution in [2.75, 3.05) is 6.61 Å². The lowest BCUT2D eigenvalue weighted by Gasteiger charge is -2.28. The summed E-state index contributed by atoms with van der Waals surface area (Å²) in [5, 5.41) is 40.1. The Morgan fingerprint density at radius 3 is 2.12 bits per heavy atom. The van der Waals surface area contributed by atoms with Gasteiger partial charge in [-0.2, -0.15) is 0 Å². The summed E-state index contributed by atoms with van der Waals surface area (Å²) in [6.07, 6.45) is -6.06. The molecule has 0 aliphatic rings. The fourth-order valence-electron chi connectivity index (χ4n) is 2.10. The van der Waals surface area contributed by atoms with E-state index in [1.165, 1.54) is 12.1 Å². The Morgan fingerprint density at radius 2 is 1.62 bits per heavy atom. The molecule has 1 aromatic carbocycles. The van der Waals surface area contributed by atoms with Crippen LogP contribution in [0.4, 0.5) is 0 Å². The van der Waals surface area contributed by atoms with E-state index in [1.54, 1.807) is 18.2 Å². The molecule has 0 fully saturated rings. The molecule has 0 aromatic heterocycles. The third-order valence-corrected chi connectivity index (χ3v) is 3.41. The average molecular weight is 339 g/mol. The number of hydrogen-bond donors (Lipinski definition) is 5. The molecule has 8 nitrogen and oxygen atoms in total. The smallest absolute Gasteiger partial charge is 0.217 e. The minimum atomic E-state index is -1.88. The van der Waals surface area contributed by atoms with Crippen molar-refractivity contribution in [2.24, 2.45) is 0 Å². The highest BCUT2D eigenvalue weighted by Crippen LogP contribution is 2.11. The van der Waals surface area contributed by atoms with E-state index in [-0.39, 0.29) is 5.56 Å². The zero-order valence-electron chi connectivity index (χ0n) is 13.1. The maximum absolute atomic E-state index is 12.3. The van der Waals surface area contributed by atoms with Crippen molar-refractivity contribution in [3.63, 3.8) is 0 Å². The van der Waals surface area contributed by atoms with Gasteiger partial charge in [-0.25, -0.2) is 0 Å². The summed E-state index contributed by atoms with van der Waals surface area (Å²) in [4.78, 5) is 35.6. The van der Waals surface area contributed by atoms with Crippen LogP contribution in [0.5, 0.6) is 0 Å². The standard InChI is InChI=1S/C16H21NO7/c1-9(19)17-14(16(24)15(23)13(22)8-18)12(21)7-11(20)10-5-3-2-4-6-10/h2-6,13-16,18,22-24H,7-8H2,1H3,(H,17,19)/t13-,14+,15-,16-/m1/s1. The largest absolute Gasteiger partial charge is 0.394 e. The van der Waals surface area contributed by atoms with Gasteiger partial charge in [-0.1, -0.05) is 30.3 Å². The lowest BCUT2D eigenvalue weighted by atomic mass is 9.94. The van der Waals surface area contributed by atoms with Gasteiger partial charge < -0.3 is 25.7 Å². The first-order valence-electron chi connectivity index (χ1n) is 7.31. The summed E-state index contributed by atoms with van der Waals surface area (Å²) in [5.74, 6) is -2.00. The van der Waals surface area contributed by atoms with Gasteiger partial charge >= 0.3 is 0 Å². The second-order valence-corrected chi connectivity index (χ2v) is 5.34. The SMILES string of the molecule is CC(=O)N[C@@H](C(=O)CC(=O)c1ccccc1)[C@@H](O)[C@H](O)[C@H](O)CO. The summed E-state index contributed by atoms with van der Waals surface area (Å²) < 4.78 is 0. The van der Waals surface area contributed by atoms with E-state index in [2.05, 4.69) is 5.32 Å². The molecule has 0 radical (unpaired) electrons. The molecule has 0 aliphatic heterocycles. The normalized spacial score (nSPS) is 15.9. The van der Waals surface area contributed by atoms with Gasteiger partial charge in [-0.05, 0) is 0 Å². The first kappa shape index (κ1) is 19.9. The number of ketones is 2. The molecule has 0 saturated heterocycles. The van der Waals surface area contributed by atoms with Crippen LogP contribution in [-0.2, 0) is 9.59 Å². The number of rotatable bonds is 9. The van der Waals surface area contributed by atoms with Gasteiger partial charge in [0.2, 0.25) is 5.91 Å². The molecule has 4 atom stereocenters. The molecule has 0 unspecified atom stereocenters. The Hall–Kier alpha value is -2.13. The highest BCUT2D eigenvalue weighted by atomic mass is 16.4. The third-order valence-electron chi connectivity index (χ3n) is 3.41. The Balaban J connectivity index is 2.88. The van der Waals surface area contributed by atoms with Crippen LogP contribution in [0.25, 0.3) is 0 Å². The molecule has 5 N–H and O–H groups in total. The number of aliphatic hydroxyl groups is 4. The molecule has 0 saturated carbocycles. The molecule has 0 aliphatic carbocycles. The minimum Gasteiger partial charge on any atom is -0.394 e. The molecule has 1 rings (SSSR count). The van der Waals surface area contributed by atoms with Crippen molar-refractivity contribution in [3.8, 4) is 0 Å². The molecule has 0 heterocycles. The predicted octanol–water partition coefficient (Wildman–Crippen LogP) is -1.59.